The molecule has 0 aliphatic heterocycles. The Morgan fingerprint density at radius 3 is 2.62 bits per heavy atom. The summed E-state index contributed by atoms with van der Waals surface area (Å²) in [5.41, 5.74) is 1.04. The number of nitrogens with one attached hydrogen (secondary N) is 1. The number of carbonyl (C=O) groups is 1. The van der Waals surface area contributed by atoms with Crippen LogP contribution < -0.4 is 5.32 Å². The predicted octanol–water partition coefficient (Wildman–Crippen LogP) is 4.09. The van der Waals surface area contributed by atoms with E-state index in [0.717, 1.165) is 0 Å². The van der Waals surface area contributed by atoms with Gasteiger partial charge >= 0.3 is 0 Å². The van der Waals surface area contributed by atoms with Crippen LogP contribution in [0.4, 0.5) is 8.78 Å². The molecule has 1 aromatic heterocycles. The second-order valence-electron chi connectivity index (χ2n) is 6.18. The molecule has 1 heterocycles. The van der Waals surface area contributed by atoms with Crippen molar-refractivity contribution in [2.45, 2.75) is 18.4 Å². The third-order valence-electron chi connectivity index (χ3n) is 4.42. The van der Waals surface area contributed by atoms with E-state index in [4.69, 9.17) is 11.6 Å². The molecule has 4 rings (SSSR count). The van der Waals surface area contributed by atoms with Crippen molar-refractivity contribution in [3.05, 3.63) is 82.6 Å². The number of hydrogen-bond acceptors (Lipinski definition) is 2. The first-order valence-corrected chi connectivity index (χ1v) is 8.46. The fraction of sp³-hybridized carbons (Fsp3) is 0.158. The SMILES string of the molecule is O=C(NC1CC1c1c(F)cccc1F)c1cnn(-c2ccccc2Cl)c1. The predicted molar refractivity (Wildman–Crippen MR) is 93.5 cm³/mol. The van der Waals surface area contributed by atoms with Crippen LogP contribution in [0.3, 0.4) is 0 Å². The van der Waals surface area contributed by atoms with Crippen molar-refractivity contribution in [1.29, 1.82) is 0 Å². The van der Waals surface area contributed by atoms with Gasteiger partial charge in [-0.25, -0.2) is 13.5 Å². The van der Waals surface area contributed by atoms with E-state index in [9.17, 15) is 13.6 Å². The van der Waals surface area contributed by atoms with Gasteiger partial charge in [0, 0.05) is 23.7 Å². The van der Waals surface area contributed by atoms with Crippen molar-refractivity contribution in [3.8, 4) is 5.69 Å². The number of aromatic nitrogens is 2. The molecule has 2 unspecified atom stereocenters. The minimum absolute atomic E-state index is 0.0320. The summed E-state index contributed by atoms with van der Waals surface area (Å²) in [6.45, 7) is 0. The van der Waals surface area contributed by atoms with Gasteiger partial charge in [-0.05, 0) is 30.7 Å². The van der Waals surface area contributed by atoms with Crippen LogP contribution in [0.25, 0.3) is 5.69 Å². The number of nitrogens with zero attached hydrogens (tertiary/aromatic N) is 2. The number of para-hydroxylation sites is 1. The molecule has 132 valence electrons. The fourth-order valence-corrected chi connectivity index (χ4v) is 3.22. The largest absolute Gasteiger partial charge is 0.349 e. The Morgan fingerprint density at radius 2 is 1.88 bits per heavy atom. The normalized spacial score (nSPS) is 18.6. The highest BCUT2D eigenvalue weighted by molar-refractivity contribution is 6.32. The summed E-state index contributed by atoms with van der Waals surface area (Å²) < 4.78 is 29.2. The highest BCUT2D eigenvalue weighted by Crippen LogP contribution is 2.43. The van der Waals surface area contributed by atoms with E-state index in [2.05, 4.69) is 10.4 Å². The van der Waals surface area contributed by atoms with Crippen molar-refractivity contribution in [3.63, 3.8) is 0 Å². The average molecular weight is 374 g/mol. The molecule has 2 atom stereocenters. The Balaban J connectivity index is 1.47. The number of carbonyl (C=O) groups excluding carboxylic acids is 1. The van der Waals surface area contributed by atoms with Gasteiger partial charge in [0.25, 0.3) is 5.91 Å². The van der Waals surface area contributed by atoms with Gasteiger partial charge in [0.1, 0.15) is 11.6 Å². The van der Waals surface area contributed by atoms with Crippen molar-refractivity contribution in [2.24, 2.45) is 0 Å². The molecule has 1 aliphatic rings. The molecule has 1 fully saturated rings. The summed E-state index contributed by atoms with van der Waals surface area (Å²) in [5.74, 6) is -1.86. The van der Waals surface area contributed by atoms with E-state index in [0.29, 0.717) is 22.7 Å². The van der Waals surface area contributed by atoms with E-state index < -0.39 is 11.6 Å². The third kappa shape index (κ3) is 3.08. The van der Waals surface area contributed by atoms with E-state index >= 15 is 0 Å². The van der Waals surface area contributed by atoms with Crippen molar-refractivity contribution in [2.75, 3.05) is 0 Å². The molecule has 0 bridgehead atoms. The summed E-state index contributed by atoms with van der Waals surface area (Å²) in [6, 6.07) is 10.6. The first-order chi connectivity index (χ1) is 12.5. The van der Waals surface area contributed by atoms with Gasteiger partial charge in [-0.3, -0.25) is 4.79 Å². The zero-order chi connectivity index (χ0) is 18.3. The molecule has 0 spiro atoms. The summed E-state index contributed by atoms with van der Waals surface area (Å²) in [4.78, 5) is 12.4. The van der Waals surface area contributed by atoms with Crippen LogP contribution in [0, 0.1) is 11.6 Å². The minimum atomic E-state index is -0.585. The number of hydrogen-bond donors (Lipinski definition) is 1. The van der Waals surface area contributed by atoms with Gasteiger partial charge in [-0.1, -0.05) is 29.8 Å². The molecule has 1 aliphatic carbocycles. The molecule has 4 nitrogen and oxygen atoms in total. The Morgan fingerprint density at radius 1 is 1.15 bits per heavy atom. The van der Waals surface area contributed by atoms with Crippen LogP contribution in [0.15, 0.2) is 54.9 Å². The van der Waals surface area contributed by atoms with E-state index in [1.807, 2.05) is 6.07 Å². The Hall–Kier alpha value is -2.73. The highest BCUT2D eigenvalue weighted by atomic mass is 35.5. The van der Waals surface area contributed by atoms with E-state index in [1.54, 1.807) is 24.4 Å². The zero-order valence-corrected chi connectivity index (χ0v) is 14.3. The molecular weight excluding hydrogens is 360 g/mol. The van der Waals surface area contributed by atoms with Crippen molar-refractivity contribution in [1.82, 2.24) is 15.1 Å². The lowest BCUT2D eigenvalue weighted by Gasteiger charge is -2.06. The molecule has 3 aromatic rings. The van der Waals surface area contributed by atoms with Crippen LogP contribution >= 0.6 is 11.6 Å². The summed E-state index contributed by atoms with van der Waals surface area (Å²) in [7, 11) is 0. The van der Waals surface area contributed by atoms with Crippen LogP contribution in [0.2, 0.25) is 5.02 Å². The van der Waals surface area contributed by atoms with Gasteiger partial charge in [-0.15, -0.1) is 0 Å². The molecule has 0 radical (unpaired) electrons. The molecule has 26 heavy (non-hydrogen) atoms. The lowest BCUT2D eigenvalue weighted by molar-refractivity contribution is 0.0950. The quantitative estimate of drug-likeness (QED) is 0.748. The molecule has 1 amide bonds. The summed E-state index contributed by atoms with van der Waals surface area (Å²) >= 11 is 6.13. The standard InChI is InChI=1S/C19H14ClF2N3O/c20-13-4-1-2-7-17(13)25-10-11(9-23-25)19(26)24-16-8-12(16)18-14(21)5-3-6-15(18)22/h1-7,9-10,12,16H,8H2,(H,24,26). The second-order valence-corrected chi connectivity index (χ2v) is 6.59. The maximum Gasteiger partial charge on any atom is 0.254 e. The lowest BCUT2D eigenvalue weighted by Crippen LogP contribution is -2.26. The lowest BCUT2D eigenvalue weighted by atomic mass is 10.1. The smallest absolute Gasteiger partial charge is 0.254 e. The number of rotatable bonds is 4. The van der Waals surface area contributed by atoms with Gasteiger partial charge in [0.05, 0.1) is 22.5 Å². The molecule has 0 saturated heterocycles. The minimum Gasteiger partial charge on any atom is -0.349 e. The number of amides is 1. The Labute approximate surface area is 153 Å². The van der Waals surface area contributed by atoms with Gasteiger partial charge < -0.3 is 5.32 Å². The number of benzene rings is 2. The molecular formula is C19H14ClF2N3O. The molecule has 1 N–H and O–H groups in total. The summed E-state index contributed by atoms with van der Waals surface area (Å²) in [6.07, 6.45) is 3.50. The van der Waals surface area contributed by atoms with Crippen LogP contribution in [-0.2, 0) is 0 Å². The maximum atomic E-state index is 13.8. The molecule has 1 saturated carbocycles. The monoisotopic (exact) mass is 373 g/mol. The van der Waals surface area contributed by atoms with Crippen LogP contribution in [0.1, 0.15) is 28.3 Å². The molecule has 2 aromatic carbocycles. The van der Waals surface area contributed by atoms with Gasteiger partial charge in [-0.2, -0.15) is 5.10 Å². The van der Waals surface area contributed by atoms with Crippen LogP contribution in [-0.4, -0.2) is 21.7 Å². The first-order valence-electron chi connectivity index (χ1n) is 8.09. The van der Waals surface area contributed by atoms with Crippen molar-refractivity contribution < 1.29 is 13.6 Å². The molecule has 7 heteroatoms. The second kappa shape index (κ2) is 6.53. The summed E-state index contributed by atoms with van der Waals surface area (Å²) in [5, 5.41) is 7.46. The fourth-order valence-electron chi connectivity index (χ4n) is 3.00. The third-order valence-corrected chi connectivity index (χ3v) is 4.74. The average Bonchev–Trinajstić information content (AvgIpc) is 3.17. The van der Waals surface area contributed by atoms with Crippen LogP contribution in [0.5, 0.6) is 0 Å². The highest BCUT2D eigenvalue weighted by Gasteiger charge is 2.42. The maximum absolute atomic E-state index is 13.8. The Bertz CT molecular complexity index is 968. The van der Waals surface area contributed by atoms with Gasteiger partial charge in [0.15, 0.2) is 0 Å². The van der Waals surface area contributed by atoms with Gasteiger partial charge in [0.2, 0.25) is 0 Å². The zero-order valence-electron chi connectivity index (χ0n) is 13.5. The van der Waals surface area contributed by atoms with Crippen molar-refractivity contribution >= 4 is 17.5 Å². The Kier molecular flexibility index (Phi) is 4.20. The number of halogens is 3. The topological polar surface area (TPSA) is 46.9 Å². The first kappa shape index (κ1) is 16.7. The van der Waals surface area contributed by atoms with E-state index in [-0.39, 0.29) is 23.4 Å². The van der Waals surface area contributed by atoms with E-state index in [1.165, 1.54) is 29.1 Å².